The van der Waals surface area contributed by atoms with Crippen LogP contribution in [-0.4, -0.2) is 47.0 Å². The van der Waals surface area contributed by atoms with Gasteiger partial charge in [-0.25, -0.2) is 4.79 Å². The number of ether oxygens (including phenoxy) is 1. The molecule has 1 aromatic rings. The van der Waals surface area contributed by atoms with Gasteiger partial charge in [0.25, 0.3) is 0 Å². The molecule has 5 nitrogen and oxygen atoms in total. The van der Waals surface area contributed by atoms with Crippen LogP contribution in [0.2, 0.25) is 0 Å². The van der Waals surface area contributed by atoms with Gasteiger partial charge >= 0.3 is 6.09 Å². The number of benzene rings is 1. The summed E-state index contributed by atoms with van der Waals surface area (Å²) in [7, 11) is 0. The highest BCUT2D eigenvalue weighted by Gasteiger charge is 2.28. The molecule has 0 bridgehead atoms. The van der Waals surface area contributed by atoms with Gasteiger partial charge in [0.15, 0.2) is 0 Å². The fourth-order valence-corrected chi connectivity index (χ4v) is 2.45. The van der Waals surface area contributed by atoms with E-state index in [1.165, 1.54) is 0 Å². The number of likely N-dealkylation sites (tertiary alicyclic amines) is 1. The average molecular weight is 279 g/mol. The Balaban J connectivity index is 1.83. The smallest absolute Gasteiger partial charge is 0.410 e. The molecule has 0 aliphatic carbocycles. The average Bonchev–Trinajstić information content (AvgIpc) is 2.53. The number of nitrogens with zero attached hydrogens (tertiary/aromatic N) is 1. The van der Waals surface area contributed by atoms with Crippen molar-refractivity contribution < 1.29 is 19.7 Å². The van der Waals surface area contributed by atoms with Crippen LogP contribution in [0.15, 0.2) is 30.3 Å². The molecule has 0 saturated carbocycles. The molecule has 0 radical (unpaired) electrons. The molecule has 2 rings (SSSR count). The van der Waals surface area contributed by atoms with Crippen LogP contribution in [0.1, 0.15) is 18.4 Å². The predicted molar refractivity (Wildman–Crippen MR) is 74.0 cm³/mol. The Bertz CT molecular complexity index is 423. The molecule has 1 amide bonds. The highest BCUT2D eigenvalue weighted by atomic mass is 16.6. The van der Waals surface area contributed by atoms with E-state index in [1.807, 2.05) is 30.3 Å². The lowest BCUT2D eigenvalue weighted by Gasteiger charge is -2.33. The molecule has 1 unspecified atom stereocenters. The van der Waals surface area contributed by atoms with Crippen molar-refractivity contribution in [1.82, 2.24) is 4.90 Å². The van der Waals surface area contributed by atoms with E-state index in [0.717, 1.165) is 18.4 Å². The molecule has 1 aromatic carbocycles. The molecule has 0 aromatic heterocycles. The Morgan fingerprint density at radius 3 is 2.85 bits per heavy atom. The van der Waals surface area contributed by atoms with Crippen LogP contribution in [0.4, 0.5) is 4.79 Å². The summed E-state index contributed by atoms with van der Waals surface area (Å²) in [6, 6.07) is 9.52. The van der Waals surface area contributed by atoms with Crippen molar-refractivity contribution in [1.29, 1.82) is 0 Å². The van der Waals surface area contributed by atoms with Crippen molar-refractivity contribution in [2.45, 2.75) is 25.6 Å². The van der Waals surface area contributed by atoms with Gasteiger partial charge < -0.3 is 19.8 Å². The summed E-state index contributed by atoms with van der Waals surface area (Å²) in [6.07, 6.45) is 0.523. The molecule has 1 saturated heterocycles. The van der Waals surface area contributed by atoms with E-state index in [-0.39, 0.29) is 25.2 Å². The SMILES string of the molecule is O=C(OCc1ccccc1)N1CCC[C@H](C(O)CO)C1. The zero-order valence-corrected chi connectivity index (χ0v) is 11.4. The third-order valence-corrected chi connectivity index (χ3v) is 3.65. The van der Waals surface area contributed by atoms with Crippen molar-refractivity contribution in [3.8, 4) is 0 Å². The molecule has 110 valence electrons. The molecule has 2 atom stereocenters. The van der Waals surface area contributed by atoms with Gasteiger partial charge in [0.05, 0.1) is 12.7 Å². The number of rotatable bonds is 4. The van der Waals surface area contributed by atoms with Crippen LogP contribution in [0.25, 0.3) is 0 Å². The number of carbonyl (C=O) groups is 1. The molecule has 2 N–H and O–H groups in total. The minimum Gasteiger partial charge on any atom is -0.445 e. The van der Waals surface area contributed by atoms with Gasteiger partial charge in [0.1, 0.15) is 6.61 Å². The Hall–Kier alpha value is -1.59. The van der Waals surface area contributed by atoms with E-state index in [9.17, 15) is 9.90 Å². The summed E-state index contributed by atoms with van der Waals surface area (Å²) in [5, 5.41) is 18.6. The van der Waals surface area contributed by atoms with E-state index in [4.69, 9.17) is 9.84 Å². The Labute approximate surface area is 118 Å². The van der Waals surface area contributed by atoms with Crippen molar-refractivity contribution in [2.75, 3.05) is 19.7 Å². The van der Waals surface area contributed by atoms with Crippen molar-refractivity contribution >= 4 is 6.09 Å². The molecule has 1 heterocycles. The second-order valence-electron chi connectivity index (χ2n) is 5.14. The summed E-state index contributed by atoms with van der Waals surface area (Å²) in [5.74, 6) is -0.0713. The second kappa shape index (κ2) is 7.26. The quantitative estimate of drug-likeness (QED) is 0.874. The van der Waals surface area contributed by atoms with E-state index < -0.39 is 6.10 Å². The first-order valence-corrected chi connectivity index (χ1v) is 6.95. The fourth-order valence-electron chi connectivity index (χ4n) is 2.45. The number of amides is 1. The zero-order valence-electron chi connectivity index (χ0n) is 11.4. The lowest BCUT2D eigenvalue weighted by atomic mass is 9.93. The first-order chi connectivity index (χ1) is 9.70. The van der Waals surface area contributed by atoms with Gasteiger partial charge in [-0.3, -0.25) is 0 Å². The van der Waals surface area contributed by atoms with Gasteiger partial charge in [-0.05, 0) is 18.4 Å². The molecular weight excluding hydrogens is 258 g/mol. The Morgan fingerprint density at radius 2 is 2.15 bits per heavy atom. The van der Waals surface area contributed by atoms with E-state index >= 15 is 0 Å². The number of aliphatic hydroxyl groups is 2. The van der Waals surface area contributed by atoms with E-state index in [1.54, 1.807) is 4.90 Å². The highest BCUT2D eigenvalue weighted by Crippen LogP contribution is 2.20. The predicted octanol–water partition coefficient (Wildman–Crippen LogP) is 1.39. The monoisotopic (exact) mass is 279 g/mol. The van der Waals surface area contributed by atoms with Gasteiger partial charge in [0, 0.05) is 19.0 Å². The lowest BCUT2D eigenvalue weighted by molar-refractivity contribution is 0.00920. The number of aliphatic hydroxyl groups excluding tert-OH is 2. The molecule has 5 heteroatoms. The van der Waals surface area contributed by atoms with E-state index in [2.05, 4.69) is 0 Å². The van der Waals surface area contributed by atoms with Crippen LogP contribution in [0, 0.1) is 5.92 Å². The number of piperidine rings is 1. The maximum absolute atomic E-state index is 12.0. The van der Waals surface area contributed by atoms with Crippen LogP contribution in [-0.2, 0) is 11.3 Å². The fraction of sp³-hybridized carbons (Fsp3) is 0.533. The normalized spacial score (nSPS) is 20.5. The summed E-state index contributed by atoms with van der Waals surface area (Å²) in [4.78, 5) is 13.6. The maximum atomic E-state index is 12.0. The largest absolute Gasteiger partial charge is 0.445 e. The number of carbonyl (C=O) groups excluding carboxylic acids is 1. The van der Waals surface area contributed by atoms with Crippen LogP contribution in [0.5, 0.6) is 0 Å². The topological polar surface area (TPSA) is 70.0 Å². The van der Waals surface area contributed by atoms with Crippen molar-refractivity contribution in [3.05, 3.63) is 35.9 Å². The van der Waals surface area contributed by atoms with Gasteiger partial charge in [-0.1, -0.05) is 30.3 Å². The molecule has 20 heavy (non-hydrogen) atoms. The highest BCUT2D eigenvalue weighted by molar-refractivity contribution is 5.67. The maximum Gasteiger partial charge on any atom is 0.410 e. The lowest BCUT2D eigenvalue weighted by Crippen LogP contribution is -2.44. The number of hydrogen-bond acceptors (Lipinski definition) is 4. The van der Waals surface area contributed by atoms with Gasteiger partial charge in [-0.15, -0.1) is 0 Å². The summed E-state index contributed by atoms with van der Waals surface area (Å²) in [5.41, 5.74) is 0.949. The van der Waals surface area contributed by atoms with Gasteiger partial charge in [0.2, 0.25) is 0 Å². The molecule has 0 spiro atoms. The minimum absolute atomic E-state index is 0.0713. The number of hydrogen-bond donors (Lipinski definition) is 2. The van der Waals surface area contributed by atoms with Crippen LogP contribution >= 0.6 is 0 Å². The summed E-state index contributed by atoms with van der Waals surface area (Å²) >= 11 is 0. The third kappa shape index (κ3) is 3.95. The van der Waals surface area contributed by atoms with Crippen molar-refractivity contribution in [3.63, 3.8) is 0 Å². The summed E-state index contributed by atoms with van der Waals surface area (Å²) in [6.45, 7) is 1.07. The van der Waals surface area contributed by atoms with Crippen LogP contribution < -0.4 is 0 Å². The van der Waals surface area contributed by atoms with Gasteiger partial charge in [-0.2, -0.15) is 0 Å². The summed E-state index contributed by atoms with van der Waals surface area (Å²) < 4.78 is 5.27. The molecule has 1 aliphatic rings. The minimum atomic E-state index is -0.764. The molecule has 1 aliphatic heterocycles. The molecule has 1 fully saturated rings. The first-order valence-electron chi connectivity index (χ1n) is 6.95. The standard InChI is InChI=1S/C15H21NO4/c17-10-14(18)13-7-4-8-16(9-13)15(19)20-11-12-5-2-1-3-6-12/h1-3,5-6,13-14,17-18H,4,7-11H2/t13-,14?/m0/s1. The Kier molecular flexibility index (Phi) is 5.38. The second-order valence-corrected chi connectivity index (χ2v) is 5.14. The van der Waals surface area contributed by atoms with E-state index in [0.29, 0.717) is 13.1 Å². The zero-order chi connectivity index (χ0) is 14.4. The Morgan fingerprint density at radius 1 is 1.40 bits per heavy atom. The first kappa shape index (κ1) is 14.8. The third-order valence-electron chi connectivity index (χ3n) is 3.65. The van der Waals surface area contributed by atoms with Crippen molar-refractivity contribution in [2.24, 2.45) is 5.92 Å². The molecular formula is C15H21NO4. The van der Waals surface area contributed by atoms with Crippen LogP contribution in [0.3, 0.4) is 0 Å².